The molecular weight excluding hydrogens is 835 g/mol. The largest absolute Gasteiger partial charge is 0.477 e. The third-order valence-corrected chi connectivity index (χ3v) is 14.0. The van der Waals surface area contributed by atoms with E-state index in [1.807, 2.05) is 21.1 Å². The number of carbonyl (C=O) groups excluding carboxylic acids is 2. The van der Waals surface area contributed by atoms with Gasteiger partial charge in [0.25, 0.3) is 0 Å². The first-order valence-electron chi connectivity index (χ1n) is 29.6. The van der Waals surface area contributed by atoms with Crippen LogP contribution in [0.4, 0.5) is 0 Å². The molecule has 0 aromatic rings. The van der Waals surface area contributed by atoms with Crippen molar-refractivity contribution >= 4 is 17.9 Å². The fourth-order valence-electron chi connectivity index (χ4n) is 9.45. The number of hydrogen-bond donors (Lipinski definition) is 1. The SMILES string of the molecule is CCCCCCCCCCCCCCCCCCCCCCCCCCC(=O)OC(COCCC(C(=O)O)[N+](C)(C)C)COC(=O)CCCCCCCCCCCCCCCCCCCCC. The van der Waals surface area contributed by atoms with E-state index in [1.165, 1.54) is 238 Å². The number of esters is 2. The standard InChI is InChI=1S/C59H115NO7/c1-6-8-10-12-14-16-18-20-22-24-26-27-28-29-30-32-34-36-38-40-42-44-46-48-50-58(62)67-55(53-65-52-51-56(59(63)64)60(3,4)5)54-66-57(61)49-47-45-43-41-39-37-35-33-31-25-23-21-19-17-15-13-11-9-7-2/h55-56H,6-54H2,1-5H3/p+1. The lowest BCUT2D eigenvalue weighted by Gasteiger charge is -2.31. The molecule has 0 aromatic carbocycles. The Kier molecular flexibility index (Phi) is 49.4. The molecule has 0 rings (SSSR count). The third-order valence-electron chi connectivity index (χ3n) is 14.0. The lowest BCUT2D eigenvalue weighted by Crippen LogP contribution is -2.50. The van der Waals surface area contributed by atoms with E-state index in [9.17, 15) is 19.5 Å². The van der Waals surface area contributed by atoms with Gasteiger partial charge in [0.1, 0.15) is 6.61 Å². The lowest BCUT2D eigenvalue weighted by molar-refractivity contribution is -0.887. The number of nitrogens with zero attached hydrogens (tertiary/aromatic N) is 1. The first-order valence-corrected chi connectivity index (χ1v) is 29.6. The van der Waals surface area contributed by atoms with Crippen LogP contribution in [-0.2, 0) is 28.6 Å². The minimum absolute atomic E-state index is 0.0408. The number of ether oxygens (including phenoxy) is 3. The van der Waals surface area contributed by atoms with Crippen LogP contribution in [0, 0.1) is 0 Å². The zero-order valence-electron chi connectivity index (χ0n) is 45.6. The Labute approximate surface area is 416 Å². The van der Waals surface area contributed by atoms with Crippen LogP contribution in [0.3, 0.4) is 0 Å². The molecule has 0 aliphatic rings. The van der Waals surface area contributed by atoms with Gasteiger partial charge >= 0.3 is 17.9 Å². The van der Waals surface area contributed by atoms with Gasteiger partial charge in [0.05, 0.1) is 34.4 Å². The molecule has 0 aliphatic heterocycles. The predicted octanol–water partition coefficient (Wildman–Crippen LogP) is 17.6. The van der Waals surface area contributed by atoms with Gasteiger partial charge in [-0.3, -0.25) is 9.59 Å². The van der Waals surface area contributed by atoms with E-state index >= 15 is 0 Å². The van der Waals surface area contributed by atoms with Crippen molar-refractivity contribution in [2.24, 2.45) is 0 Å². The Morgan fingerprint density at radius 1 is 0.388 bits per heavy atom. The van der Waals surface area contributed by atoms with E-state index in [2.05, 4.69) is 13.8 Å². The average Bonchev–Trinajstić information content (AvgIpc) is 3.29. The van der Waals surface area contributed by atoms with Crippen LogP contribution in [0.25, 0.3) is 0 Å². The Hall–Kier alpha value is -1.67. The topological polar surface area (TPSA) is 99.1 Å². The van der Waals surface area contributed by atoms with Crippen molar-refractivity contribution in [3.8, 4) is 0 Å². The van der Waals surface area contributed by atoms with E-state index in [4.69, 9.17) is 14.2 Å². The summed E-state index contributed by atoms with van der Waals surface area (Å²) in [6.07, 6.45) is 57.4. The highest BCUT2D eigenvalue weighted by Crippen LogP contribution is 2.18. The zero-order valence-corrected chi connectivity index (χ0v) is 45.6. The monoisotopic (exact) mass is 951 g/mol. The highest BCUT2D eigenvalue weighted by Gasteiger charge is 2.31. The highest BCUT2D eigenvalue weighted by molar-refractivity contribution is 5.72. The molecule has 8 nitrogen and oxygen atoms in total. The number of rotatable bonds is 55. The summed E-state index contributed by atoms with van der Waals surface area (Å²) in [6, 6.07) is -0.610. The molecule has 2 atom stereocenters. The Bertz CT molecular complexity index is 1060. The average molecular weight is 952 g/mol. The number of carboxylic acid groups (broad SMARTS) is 1. The van der Waals surface area contributed by atoms with Crippen molar-refractivity contribution in [3.63, 3.8) is 0 Å². The second-order valence-corrected chi connectivity index (χ2v) is 21.6. The van der Waals surface area contributed by atoms with E-state index in [0.29, 0.717) is 19.3 Å². The van der Waals surface area contributed by atoms with E-state index < -0.39 is 18.1 Å². The number of unbranched alkanes of at least 4 members (excludes halogenated alkanes) is 41. The summed E-state index contributed by atoms with van der Waals surface area (Å²) in [4.78, 5) is 37.3. The molecule has 0 amide bonds. The molecule has 67 heavy (non-hydrogen) atoms. The summed E-state index contributed by atoms with van der Waals surface area (Å²) < 4.78 is 17.4. The molecule has 0 saturated carbocycles. The van der Waals surface area contributed by atoms with E-state index in [-0.39, 0.29) is 36.2 Å². The smallest absolute Gasteiger partial charge is 0.362 e. The number of carbonyl (C=O) groups is 3. The lowest BCUT2D eigenvalue weighted by atomic mass is 10.0. The van der Waals surface area contributed by atoms with Gasteiger partial charge in [0.2, 0.25) is 0 Å². The van der Waals surface area contributed by atoms with Crippen LogP contribution < -0.4 is 0 Å². The summed E-state index contributed by atoms with van der Waals surface area (Å²) in [5.41, 5.74) is 0. The molecule has 0 heterocycles. The molecule has 0 bridgehead atoms. The van der Waals surface area contributed by atoms with E-state index in [0.717, 1.165) is 38.5 Å². The Balaban J connectivity index is 4.08. The summed E-state index contributed by atoms with van der Waals surface area (Å²) >= 11 is 0. The van der Waals surface area contributed by atoms with Gasteiger partial charge in [0, 0.05) is 19.3 Å². The fraction of sp³-hybridized carbons (Fsp3) is 0.949. The third kappa shape index (κ3) is 49.1. The van der Waals surface area contributed by atoms with Gasteiger partial charge in [-0.2, -0.15) is 0 Å². The predicted molar refractivity (Wildman–Crippen MR) is 285 cm³/mol. The van der Waals surface area contributed by atoms with Crippen LogP contribution >= 0.6 is 0 Å². The van der Waals surface area contributed by atoms with Crippen LogP contribution in [0.2, 0.25) is 0 Å². The quantitative estimate of drug-likeness (QED) is 0.0368. The van der Waals surface area contributed by atoms with Crippen molar-refractivity contribution in [3.05, 3.63) is 0 Å². The molecule has 2 unspecified atom stereocenters. The first kappa shape index (κ1) is 65.3. The van der Waals surface area contributed by atoms with Crippen molar-refractivity contribution in [2.45, 2.75) is 321 Å². The van der Waals surface area contributed by atoms with Crippen LogP contribution in [-0.4, -0.2) is 80.6 Å². The summed E-state index contributed by atoms with van der Waals surface area (Å²) in [5, 5.41) is 9.68. The van der Waals surface area contributed by atoms with Gasteiger partial charge in [-0.1, -0.05) is 277 Å². The Morgan fingerprint density at radius 3 is 0.925 bits per heavy atom. The van der Waals surface area contributed by atoms with Crippen molar-refractivity contribution in [1.29, 1.82) is 0 Å². The molecule has 0 aliphatic carbocycles. The van der Waals surface area contributed by atoms with Gasteiger partial charge in [0.15, 0.2) is 12.1 Å². The van der Waals surface area contributed by atoms with Gasteiger partial charge in [-0.25, -0.2) is 4.79 Å². The normalized spacial score (nSPS) is 12.7. The fourth-order valence-corrected chi connectivity index (χ4v) is 9.45. The summed E-state index contributed by atoms with van der Waals surface area (Å²) in [5.74, 6) is -1.43. The minimum Gasteiger partial charge on any atom is -0.477 e. The number of carboxylic acids is 1. The van der Waals surface area contributed by atoms with Crippen molar-refractivity contribution in [2.75, 3.05) is 41.0 Å². The molecule has 0 saturated heterocycles. The van der Waals surface area contributed by atoms with E-state index in [1.54, 1.807) is 0 Å². The molecule has 0 aromatic heterocycles. The maximum Gasteiger partial charge on any atom is 0.362 e. The Morgan fingerprint density at radius 2 is 0.657 bits per heavy atom. The van der Waals surface area contributed by atoms with Crippen molar-refractivity contribution in [1.82, 2.24) is 0 Å². The van der Waals surface area contributed by atoms with Crippen molar-refractivity contribution < 1.29 is 38.2 Å². The maximum absolute atomic E-state index is 12.8. The minimum atomic E-state index is -0.867. The van der Waals surface area contributed by atoms with Gasteiger partial charge < -0.3 is 23.8 Å². The molecular formula is C59H116NO7+. The highest BCUT2D eigenvalue weighted by atomic mass is 16.6. The summed E-state index contributed by atoms with van der Waals surface area (Å²) in [7, 11) is 5.56. The van der Waals surface area contributed by atoms with Crippen LogP contribution in [0.5, 0.6) is 0 Å². The number of hydrogen-bond acceptors (Lipinski definition) is 6. The molecule has 0 radical (unpaired) electrons. The number of quaternary nitrogens is 1. The first-order chi connectivity index (χ1) is 32.6. The maximum atomic E-state index is 12.8. The summed E-state index contributed by atoms with van der Waals surface area (Å²) in [6.45, 7) is 4.82. The zero-order chi connectivity index (χ0) is 49.2. The molecule has 0 fully saturated rings. The number of aliphatic carboxylic acids is 1. The van der Waals surface area contributed by atoms with Gasteiger partial charge in [-0.15, -0.1) is 0 Å². The van der Waals surface area contributed by atoms with Gasteiger partial charge in [-0.05, 0) is 12.8 Å². The molecule has 1 N–H and O–H groups in total. The second kappa shape index (κ2) is 50.7. The molecule has 8 heteroatoms. The van der Waals surface area contributed by atoms with Crippen LogP contribution in [0.1, 0.15) is 309 Å². The molecule has 398 valence electrons. The number of likely N-dealkylation sites (N-methyl/N-ethyl adjacent to an activating group) is 1. The molecule has 0 spiro atoms. The van der Waals surface area contributed by atoms with Crippen LogP contribution in [0.15, 0.2) is 0 Å². The second-order valence-electron chi connectivity index (χ2n) is 21.6.